The number of hydrogen-bond acceptors (Lipinski definition) is 3. The van der Waals surface area contributed by atoms with Crippen LogP contribution in [0.2, 0.25) is 0 Å². The second kappa shape index (κ2) is 27.5. The second-order valence-electron chi connectivity index (χ2n) is 5.65. The van der Waals surface area contributed by atoms with E-state index in [1.807, 2.05) is 6.58 Å². The molecule has 0 rings (SSSR count). The molecule has 2 atom stereocenters. The Bertz CT molecular complexity index is 502. The highest BCUT2D eigenvalue weighted by Crippen LogP contribution is 2.43. The van der Waals surface area contributed by atoms with E-state index in [0.717, 1.165) is 0 Å². The summed E-state index contributed by atoms with van der Waals surface area (Å²) in [4.78, 5) is 0. The largest absolute Gasteiger partial charge is 0.490 e. The van der Waals surface area contributed by atoms with E-state index < -0.39 is 42.0 Å². The average Bonchev–Trinajstić information content (AvgIpc) is 2.52. The number of methoxy groups -OCH3 is 1. The minimum atomic E-state index is -5.58. The molecule has 0 bridgehead atoms. The third kappa shape index (κ3) is 25.2. The zero-order chi connectivity index (χ0) is 23.2. The summed E-state index contributed by atoms with van der Waals surface area (Å²) in [5.41, 5.74) is 0. The van der Waals surface area contributed by atoms with Gasteiger partial charge in [-0.2, -0.15) is 17.6 Å². The van der Waals surface area contributed by atoms with E-state index in [2.05, 4.69) is 14.2 Å². The van der Waals surface area contributed by atoms with Crippen LogP contribution < -0.4 is 0 Å². The minimum absolute atomic E-state index is 0. The van der Waals surface area contributed by atoms with Crippen LogP contribution in [0.15, 0.2) is 12.4 Å². The van der Waals surface area contributed by atoms with Crippen molar-refractivity contribution < 1.29 is 58.1 Å². The average molecular weight is 601 g/mol. The van der Waals surface area contributed by atoms with E-state index in [4.69, 9.17) is 0 Å². The number of alkyl halides is 9. The Morgan fingerprint density at radius 2 is 1.03 bits per heavy atom. The summed E-state index contributed by atoms with van der Waals surface area (Å²) in [5, 5.41) is 0. The monoisotopic (exact) mass is 600 g/mol. The summed E-state index contributed by atoms with van der Waals surface area (Å²) in [6, 6.07) is 0. The van der Waals surface area contributed by atoms with Gasteiger partial charge in [-0.1, -0.05) is 102 Å². The normalized spacial score (nSPS) is 12.3. The van der Waals surface area contributed by atoms with Crippen LogP contribution in [0.4, 0.5) is 43.9 Å². The zero-order valence-corrected chi connectivity index (χ0v) is 15.7. The topological polar surface area (TPSA) is 27.7 Å². The van der Waals surface area contributed by atoms with Crippen molar-refractivity contribution in [1.29, 1.82) is 0 Å². The molecule has 13 heteroatoms. The Labute approximate surface area is 229 Å². The van der Waals surface area contributed by atoms with Gasteiger partial charge >= 0.3 is 24.4 Å². The van der Waals surface area contributed by atoms with E-state index in [0.29, 0.717) is 6.42 Å². The third-order valence-corrected chi connectivity index (χ3v) is 3.44. The van der Waals surface area contributed by atoms with Crippen molar-refractivity contribution in [2.45, 2.75) is 145 Å². The Balaban J connectivity index is -0.0000000318. The lowest BCUT2D eigenvalue weighted by atomic mass is 9.99. The maximum atomic E-state index is 13.2. The van der Waals surface area contributed by atoms with Gasteiger partial charge in [0.1, 0.15) is 0 Å². The molecule has 38 heavy (non-hydrogen) atoms. The Kier molecular flexibility index (Phi) is 55.5. The predicted molar refractivity (Wildman–Crippen MR) is 146 cm³/mol. The van der Waals surface area contributed by atoms with Gasteiger partial charge in [-0.15, -0.1) is 8.78 Å². The van der Waals surface area contributed by atoms with Crippen LogP contribution in [0.5, 0.6) is 0 Å². The van der Waals surface area contributed by atoms with Crippen molar-refractivity contribution in [3.63, 3.8) is 0 Å². The number of ether oxygens (including phenoxy) is 3. The van der Waals surface area contributed by atoms with Crippen molar-refractivity contribution in [1.82, 2.24) is 0 Å². The second-order valence-corrected chi connectivity index (χ2v) is 5.65. The Morgan fingerprint density at radius 1 is 0.711 bits per heavy atom. The van der Waals surface area contributed by atoms with E-state index in [-0.39, 0.29) is 94.7 Å². The minimum Gasteiger partial charge on any atom is -0.299 e. The highest BCUT2D eigenvalue weighted by Gasteiger charge is 2.63. The summed E-state index contributed by atoms with van der Waals surface area (Å²) in [7, 11) is 0.227. The number of hydrogen-bond donors (Lipinski definition) is 0. The fourth-order valence-corrected chi connectivity index (χ4v) is 1.28. The summed E-state index contributed by atoms with van der Waals surface area (Å²) in [5.74, 6) is -10.3. The van der Waals surface area contributed by atoms with Gasteiger partial charge in [-0.25, -0.2) is 22.3 Å². The SMILES string of the molecule is C.C.C.C.C.C.C.C.C.C.C=C(F)C(F)(F)OC(C)(F)C(F)(F)OC(F)(F)OC.CCC(C)C(F)(F)CC. The molecule has 0 heterocycles. The van der Waals surface area contributed by atoms with E-state index >= 15 is 0 Å². The standard InChI is InChI=1S/C8H8F8O3.C7H14F2.10CH4/c1-4(9)6(11,12)18-5(2,10)7(13,14)19-8(15,16)17-3;1-4-6(3)7(8,9)5-2;;;;;;;;;;/h1H2,2-3H3;6H,4-5H2,1-3H3;10*1H4. The predicted octanol–water partition coefficient (Wildman–Crippen LogP) is 13.0. The van der Waals surface area contributed by atoms with Crippen LogP contribution in [0.1, 0.15) is 115 Å². The molecule has 0 saturated carbocycles. The van der Waals surface area contributed by atoms with Crippen molar-refractivity contribution >= 4 is 0 Å². The highest BCUT2D eigenvalue weighted by atomic mass is 19.3. The van der Waals surface area contributed by atoms with Gasteiger partial charge in [0.2, 0.25) is 5.92 Å². The Hall–Kier alpha value is -1.08. The lowest BCUT2D eigenvalue weighted by molar-refractivity contribution is -0.514. The molecule has 0 radical (unpaired) electrons. The molecule has 250 valence electrons. The maximum absolute atomic E-state index is 13.2. The molecule has 3 nitrogen and oxygen atoms in total. The first-order chi connectivity index (χ1) is 12.2. The van der Waals surface area contributed by atoms with Crippen LogP contribution in [0.25, 0.3) is 0 Å². The van der Waals surface area contributed by atoms with Crippen LogP contribution >= 0.6 is 0 Å². The van der Waals surface area contributed by atoms with Crippen molar-refractivity contribution in [3.05, 3.63) is 12.4 Å². The van der Waals surface area contributed by atoms with E-state index in [9.17, 15) is 43.9 Å². The lowest BCUT2D eigenvalue weighted by Crippen LogP contribution is -2.53. The molecule has 0 fully saturated rings. The van der Waals surface area contributed by atoms with E-state index in [1.165, 1.54) is 6.92 Å². The van der Waals surface area contributed by atoms with Gasteiger partial charge in [-0.3, -0.25) is 9.47 Å². The van der Waals surface area contributed by atoms with Crippen LogP contribution in [-0.2, 0) is 14.2 Å². The summed E-state index contributed by atoms with van der Waals surface area (Å²) in [6.07, 6.45) is -15.2. The summed E-state index contributed by atoms with van der Waals surface area (Å²) in [6.45, 7) is 6.54. The zero-order valence-electron chi connectivity index (χ0n) is 15.7. The van der Waals surface area contributed by atoms with Crippen molar-refractivity contribution in [2.75, 3.05) is 7.11 Å². The van der Waals surface area contributed by atoms with Crippen molar-refractivity contribution in [2.24, 2.45) is 5.92 Å². The first-order valence-corrected chi connectivity index (χ1v) is 7.71. The van der Waals surface area contributed by atoms with Crippen molar-refractivity contribution in [3.8, 4) is 0 Å². The molecular weight excluding hydrogens is 538 g/mol. The summed E-state index contributed by atoms with van der Waals surface area (Å²) < 4.78 is 135. The molecule has 0 N–H and O–H groups in total. The molecule has 0 aliphatic rings. The smallest absolute Gasteiger partial charge is 0.299 e. The quantitative estimate of drug-likeness (QED) is 0.184. The Morgan fingerprint density at radius 3 is 1.21 bits per heavy atom. The number of halogens is 10. The first-order valence-electron chi connectivity index (χ1n) is 7.71. The molecule has 0 aliphatic carbocycles. The molecule has 0 saturated heterocycles. The van der Waals surface area contributed by atoms with Gasteiger partial charge in [-0.05, 0) is 6.42 Å². The van der Waals surface area contributed by atoms with Gasteiger partial charge < -0.3 is 0 Å². The van der Waals surface area contributed by atoms with Gasteiger partial charge in [0.05, 0.1) is 0 Å². The third-order valence-electron chi connectivity index (χ3n) is 3.44. The number of rotatable bonds is 10. The van der Waals surface area contributed by atoms with Gasteiger partial charge in [0, 0.05) is 26.4 Å². The van der Waals surface area contributed by atoms with Gasteiger partial charge in [0.25, 0.3) is 0 Å². The van der Waals surface area contributed by atoms with Crippen LogP contribution in [-0.4, -0.2) is 37.4 Å². The molecular formula is C25H62F10O3. The van der Waals surface area contributed by atoms with E-state index in [1.54, 1.807) is 13.8 Å². The molecule has 0 amide bonds. The maximum Gasteiger partial charge on any atom is 0.490 e. The van der Waals surface area contributed by atoms with Crippen LogP contribution in [0.3, 0.4) is 0 Å². The highest BCUT2D eigenvalue weighted by molar-refractivity contribution is 4.93. The lowest BCUT2D eigenvalue weighted by Gasteiger charge is -2.33. The molecule has 2 unspecified atom stereocenters. The molecule has 0 spiro atoms. The first kappa shape index (κ1) is 76.7. The summed E-state index contributed by atoms with van der Waals surface area (Å²) >= 11 is 0. The fraction of sp³-hybridized carbons (Fsp3) is 0.920. The van der Waals surface area contributed by atoms with Gasteiger partial charge in [0.15, 0.2) is 5.83 Å². The molecule has 0 aromatic heterocycles. The molecule has 0 aliphatic heterocycles. The fourth-order valence-electron chi connectivity index (χ4n) is 1.28. The van der Waals surface area contributed by atoms with Crippen LogP contribution in [0, 0.1) is 5.92 Å². The molecule has 0 aromatic rings. The molecule has 0 aromatic carbocycles.